The van der Waals surface area contributed by atoms with Crippen molar-refractivity contribution in [3.05, 3.63) is 21.9 Å². The highest BCUT2D eigenvalue weighted by Gasteiger charge is 2.41. The number of amides is 1. The van der Waals surface area contributed by atoms with Crippen molar-refractivity contribution < 1.29 is 4.79 Å². The van der Waals surface area contributed by atoms with Crippen molar-refractivity contribution in [3.8, 4) is 0 Å². The molecule has 0 saturated heterocycles. The minimum Gasteiger partial charge on any atom is -0.334 e. The molecule has 4 rings (SSSR count). The van der Waals surface area contributed by atoms with Crippen LogP contribution in [0, 0.1) is 5.92 Å². The first kappa shape index (κ1) is 13.8. The Labute approximate surface area is 130 Å². The third-order valence-corrected chi connectivity index (χ3v) is 6.30. The monoisotopic (exact) mass is 304 g/mol. The van der Waals surface area contributed by atoms with Crippen molar-refractivity contribution in [1.82, 2.24) is 10.2 Å². The van der Waals surface area contributed by atoms with Crippen molar-refractivity contribution in [1.29, 1.82) is 0 Å². The zero-order valence-electron chi connectivity index (χ0n) is 12.5. The summed E-state index contributed by atoms with van der Waals surface area (Å²) < 4.78 is 0. The summed E-state index contributed by atoms with van der Waals surface area (Å²) in [4.78, 5) is 16.4. The summed E-state index contributed by atoms with van der Waals surface area (Å²) >= 11 is 1.87. The average molecular weight is 304 g/mol. The molecule has 1 aromatic rings. The minimum absolute atomic E-state index is 0.315. The van der Waals surface area contributed by atoms with E-state index in [0.29, 0.717) is 30.5 Å². The lowest BCUT2D eigenvalue weighted by molar-refractivity contribution is -0.133. The van der Waals surface area contributed by atoms with Gasteiger partial charge in [0.05, 0.1) is 12.6 Å². The Morgan fingerprint density at radius 1 is 1.29 bits per heavy atom. The summed E-state index contributed by atoms with van der Waals surface area (Å²) in [5.74, 6) is 1.03. The topological polar surface area (TPSA) is 32.3 Å². The van der Waals surface area contributed by atoms with E-state index in [1.807, 2.05) is 11.3 Å². The molecule has 1 atom stereocenters. The number of thiophene rings is 1. The summed E-state index contributed by atoms with van der Waals surface area (Å²) in [6, 6.07) is 3.21. The van der Waals surface area contributed by atoms with Crippen molar-refractivity contribution >= 4 is 17.2 Å². The molecule has 1 amide bonds. The summed E-state index contributed by atoms with van der Waals surface area (Å²) in [5.41, 5.74) is 1.45. The molecule has 4 heteroatoms. The highest BCUT2D eigenvalue weighted by Crippen LogP contribution is 2.48. The number of nitrogens with zero attached hydrogens (tertiary/aromatic N) is 1. The fourth-order valence-electron chi connectivity index (χ4n) is 4.01. The van der Waals surface area contributed by atoms with Gasteiger partial charge in [-0.2, -0.15) is 0 Å². The van der Waals surface area contributed by atoms with Crippen LogP contribution in [0.25, 0.3) is 0 Å². The molecule has 3 aliphatic rings. The third-order valence-electron chi connectivity index (χ3n) is 5.30. The van der Waals surface area contributed by atoms with Gasteiger partial charge in [-0.05, 0) is 55.0 Å². The lowest BCUT2D eigenvalue weighted by atomic mass is 9.96. The molecular formula is C17H24N2OS. The molecule has 2 fully saturated rings. The van der Waals surface area contributed by atoms with E-state index in [4.69, 9.17) is 0 Å². The number of carbonyl (C=O) groups is 1. The minimum atomic E-state index is 0.315. The first-order chi connectivity index (χ1) is 10.3. The van der Waals surface area contributed by atoms with E-state index in [1.54, 1.807) is 0 Å². The summed E-state index contributed by atoms with van der Waals surface area (Å²) in [6.07, 6.45) is 8.75. The van der Waals surface area contributed by atoms with Gasteiger partial charge in [-0.1, -0.05) is 12.8 Å². The molecule has 21 heavy (non-hydrogen) atoms. The molecule has 0 aromatic carbocycles. The molecule has 1 aliphatic heterocycles. The predicted octanol–water partition coefficient (Wildman–Crippen LogP) is 3.12. The van der Waals surface area contributed by atoms with Crippen molar-refractivity contribution in [2.45, 2.75) is 57.0 Å². The number of hydrogen-bond acceptors (Lipinski definition) is 3. The third kappa shape index (κ3) is 2.76. The van der Waals surface area contributed by atoms with E-state index in [0.717, 1.165) is 13.0 Å². The van der Waals surface area contributed by atoms with Crippen LogP contribution in [0.5, 0.6) is 0 Å². The average Bonchev–Trinajstić information content (AvgIpc) is 3.02. The van der Waals surface area contributed by atoms with Crippen LogP contribution in [-0.4, -0.2) is 29.9 Å². The summed E-state index contributed by atoms with van der Waals surface area (Å²) in [5, 5.41) is 5.69. The van der Waals surface area contributed by atoms with Gasteiger partial charge in [-0.15, -0.1) is 11.3 Å². The van der Waals surface area contributed by atoms with E-state index in [-0.39, 0.29) is 0 Å². The van der Waals surface area contributed by atoms with E-state index in [9.17, 15) is 4.79 Å². The second-order valence-electron chi connectivity index (χ2n) is 6.78. The van der Waals surface area contributed by atoms with Gasteiger partial charge in [-0.3, -0.25) is 4.79 Å². The van der Waals surface area contributed by atoms with Crippen LogP contribution >= 0.6 is 11.3 Å². The first-order valence-electron chi connectivity index (χ1n) is 8.42. The maximum Gasteiger partial charge on any atom is 0.237 e. The summed E-state index contributed by atoms with van der Waals surface area (Å²) in [7, 11) is 0. The van der Waals surface area contributed by atoms with Gasteiger partial charge in [0.25, 0.3) is 0 Å². The van der Waals surface area contributed by atoms with Gasteiger partial charge in [0, 0.05) is 17.5 Å². The fraction of sp³-hybridized carbons (Fsp3) is 0.706. The van der Waals surface area contributed by atoms with Crippen molar-refractivity contribution in [2.24, 2.45) is 5.92 Å². The molecule has 0 radical (unpaired) electrons. The molecule has 0 spiro atoms. The van der Waals surface area contributed by atoms with E-state index in [2.05, 4.69) is 21.7 Å². The van der Waals surface area contributed by atoms with Crippen LogP contribution < -0.4 is 5.32 Å². The SMILES string of the molecule is O=C(CNC1CCCC1)N1CCc2sccc2C1C1CC1. The summed E-state index contributed by atoms with van der Waals surface area (Å²) in [6.45, 7) is 1.45. The van der Waals surface area contributed by atoms with Crippen LogP contribution in [0.15, 0.2) is 11.4 Å². The molecule has 2 aliphatic carbocycles. The lowest BCUT2D eigenvalue weighted by Crippen LogP contribution is -2.46. The molecule has 2 saturated carbocycles. The smallest absolute Gasteiger partial charge is 0.237 e. The standard InChI is InChI=1S/C17H24N2OS/c20-16(11-18-13-3-1-2-4-13)19-9-7-15-14(8-10-21-15)17(19)12-5-6-12/h8,10,12-13,17-18H,1-7,9,11H2. The Bertz CT molecular complexity index is 517. The van der Waals surface area contributed by atoms with Gasteiger partial charge < -0.3 is 10.2 Å². The number of rotatable bonds is 4. The molecule has 1 aromatic heterocycles. The Hall–Kier alpha value is -0.870. The second kappa shape index (κ2) is 5.73. The van der Waals surface area contributed by atoms with Crippen LogP contribution in [0.3, 0.4) is 0 Å². The molecule has 1 N–H and O–H groups in total. The normalized spacial score (nSPS) is 26.1. The van der Waals surface area contributed by atoms with E-state index in [1.165, 1.54) is 49.0 Å². The molecule has 2 heterocycles. The maximum atomic E-state index is 12.7. The number of carbonyl (C=O) groups excluding carboxylic acids is 1. The van der Waals surface area contributed by atoms with Crippen LogP contribution in [-0.2, 0) is 11.2 Å². The first-order valence-corrected chi connectivity index (χ1v) is 9.30. The second-order valence-corrected chi connectivity index (χ2v) is 7.78. The highest BCUT2D eigenvalue weighted by atomic mass is 32.1. The number of fused-ring (bicyclic) bond motifs is 1. The van der Waals surface area contributed by atoms with Gasteiger partial charge in [0.1, 0.15) is 0 Å². The molecule has 1 unspecified atom stereocenters. The molecule has 0 bridgehead atoms. The van der Waals surface area contributed by atoms with Gasteiger partial charge in [0.15, 0.2) is 0 Å². The Morgan fingerprint density at radius 3 is 2.86 bits per heavy atom. The van der Waals surface area contributed by atoms with E-state index < -0.39 is 0 Å². The Kier molecular flexibility index (Phi) is 3.76. The maximum absolute atomic E-state index is 12.7. The Balaban J connectivity index is 1.44. The highest BCUT2D eigenvalue weighted by molar-refractivity contribution is 7.10. The fourth-order valence-corrected chi connectivity index (χ4v) is 4.92. The molecular weight excluding hydrogens is 280 g/mol. The quantitative estimate of drug-likeness (QED) is 0.927. The molecule has 3 nitrogen and oxygen atoms in total. The van der Waals surface area contributed by atoms with Gasteiger partial charge in [-0.25, -0.2) is 0 Å². The van der Waals surface area contributed by atoms with Crippen LogP contribution in [0.2, 0.25) is 0 Å². The van der Waals surface area contributed by atoms with Gasteiger partial charge >= 0.3 is 0 Å². The predicted molar refractivity (Wildman–Crippen MR) is 85.5 cm³/mol. The zero-order valence-corrected chi connectivity index (χ0v) is 13.3. The van der Waals surface area contributed by atoms with Gasteiger partial charge in [0.2, 0.25) is 5.91 Å². The number of nitrogens with one attached hydrogen (secondary N) is 1. The molecule has 114 valence electrons. The van der Waals surface area contributed by atoms with Crippen LogP contribution in [0.1, 0.15) is 55.0 Å². The number of hydrogen-bond donors (Lipinski definition) is 1. The van der Waals surface area contributed by atoms with Crippen molar-refractivity contribution in [3.63, 3.8) is 0 Å². The van der Waals surface area contributed by atoms with Crippen molar-refractivity contribution in [2.75, 3.05) is 13.1 Å². The Morgan fingerprint density at radius 2 is 2.10 bits per heavy atom. The lowest BCUT2D eigenvalue weighted by Gasteiger charge is -2.36. The largest absolute Gasteiger partial charge is 0.334 e. The van der Waals surface area contributed by atoms with Crippen LogP contribution in [0.4, 0.5) is 0 Å². The zero-order chi connectivity index (χ0) is 14.2. The van der Waals surface area contributed by atoms with E-state index >= 15 is 0 Å².